The number of amides is 1. The average Bonchev–Trinajstić information content (AvgIpc) is 3.02. The Hall–Kier alpha value is -0.630. The van der Waals surface area contributed by atoms with E-state index in [4.69, 9.17) is 11.6 Å². The van der Waals surface area contributed by atoms with E-state index in [1.165, 1.54) is 11.3 Å². The van der Waals surface area contributed by atoms with Crippen molar-refractivity contribution in [1.82, 2.24) is 10.0 Å². The summed E-state index contributed by atoms with van der Waals surface area (Å²) in [7, 11) is -3.30. The zero-order chi connectivity index (χ0) is 13.6. The number of halogens is 1. The molecule has 1 aromatic rings. The fourth-order valence-electron chi connectivity index (χ4n) is 2.21. The van der Waals surface area contributed by atoms with Crippen LogP contribution in [0.3, 0.4) is 0 Å². The summed E-state index contributed by atoms with van der Waals surface area (Å²) in [5.74, 6) is -0.141. The van der Waals surface area contributed by atoms with E-state index in [1.54, 1.807) is 6.07 Å². The number of hydrogen-bond donors (Lipinski definition) is 2. The first-order valence-electron chi connectivity index (χ1n) is 6.01. The van der Waals surface area contributed by atoms with Crippen LogP contribution in [0, 0.1) is 0 Å². The maximum absolute atomic E-state index is 12.0. The van der Waals surface area contributed by atoms with Crippen LogP contribution >= 0.6 is 22.9 Å². The molecule has 0 aromatic carbocycles. The first-order valence-corrected chi connectivity index (χ1v) is 8.75. The van der Waals surface area contributed by atoms with Crippen LogP contribution in [0.15, 0.2) is 12.1 Å². The molecule has 2 heterocycles. The minimum Gasteiger partial charge on any atom is -0.347 e. The molecule has 5 nitrogen and oxygen atoms in total. The maximum Gasteiger partial charge on any atom is 0.222 e. The van der Waals surface area contributed by atoms with Crippen molar-refractivity contribution in [1.29, 1.82) is 0 Å². The zero-order valence-electron chi connectivity index (χ0n) is 9.93. The van der Waals surface area contributed by atoms with Crippen molar-refractivity contribution in [2.75, 3.05) is 0 Å². The van der Waals surface area contributed by atoms with E-state index in [0.717, 1.165) is 4.88 Å². The van der Waals surface area contributed by atoms with Crippen LogP contribution < -0.4 is 10.0 Å². The van der Waals surface area contributed by atoms with Gasteiger partial charge in [-0.3, -0.25) is 4.79 Å². The summed E-state index contributed by atoms with van der Waals surface area (Å²) in [6.45, 7) is 0. The van der Waals surface area contributed by atoms with Crippen molar-refractivity contribution in [3.05, 3.63) is 21.3 Å². The molecule has 2 aliphatic rings. The van der Waals surface area contributed by atoms with Crippen LogP contribution in [0.2, 0.25) is 4.34 Å². The van der Waals surface area contributed by atoms with Gasteiger partial charge in [-0.15, -0.1) is 11.3 Å². The van der Waals surface area contributed by atoms with Crippen molar-refractivity contribution >= 4 is 38.9 Å². The summed E-state index contributed by atoms with van der Waals surface area (Å²) >= 11 is 7.24. The normalized spacial score (nSPS) is 27.5. The highest BCUT2D eigenvalue weighted by Crippen LogP contribution is 2.34. The molecular weight excluding hydrogens is 308 g/mol. The lowest BCUT2D eigenvalue weighted by Gasteiger charge is -2.18. The molecule has 1 saturated heterocycles. The molecule has 3 rings (SSSR count). The molecule has 2 N–H and O–H groups in total. The van der Waals surface area contributed by atoms with Gasteiger partial charge in [0.1, 0.15) is 0 Å². The van der Waals surface area contributed by atoms with E-state index in [1.807, 2.05) is 6.07 Å². The second-order valence-corrected chi connectivity index (χ2v) is 8.60. The SMILES string of the molecule is O=C1C[C@@H](NS(=O)(=O)C2CC2)[C@H](c2ccc(Cl)s2)N1. The Morgan fingerprint density at radius 3 is 2.68 bits per heavy atom. The van der Waals surface area contributed by atoms with Crippen LogP contribution in [0.4, 0.5) is 0 Å². The summed E-state index contributed by atoms with van der Waals surface area (Å²) in [5, 5.41) is 2.52. The van der Waals surface area contributed by atoms with Crippen molar-refractivity contribution in [2.45, 2.75) is 36.6 Å². The minimum absolute atomic E-state index is 0.141. The van der Waals surface area contributed by atoms with Gasteiger partial charge in [0, 0.05) is 11.3 Å². The van der Waals surface area contributed by atoms with Gasteiger partial charge in [-0.2, -0.15) is 0 Å². The van der Waals surface area contributed by atoms with Crippen molar-refractivity contribution in [3.63, 3.8) is 0 Å². The molecule has 0 radical (unpaired) electrons. The number of carbonyl (C=O) groups excluding carboxylic acids is 1. The van der Waals surface area contributed by atoms with E-state index >= 15 is 0 Å². The average molecular weight is 321 g/mol. The van der Waals surface area contributed by atoms with Crippen molar-refractivity contribution in [3.8, 4) is 0 Å². The molecule has 1 aliphatic heterocycles. The molecule has 2 atom stereocenters. The third kappa shape index (κ3) is 2.79. The molecule has 8 heteroatoms. The molecule has 1 aromatic heterocycles. The minimum atomic E-state index is -3.30. The largest absolute Gasteiger partial charge is 0.347 e. The summed E-state index contributed by atoms with van der Waals surface area (Å²) in [5.41, 5.74) is 0. The van der Waals surface area contributed by atoms with Crippen molar-refractivity contribution in [2.24, 2.45) is 0 Å². The number of carbonyl (C=O) groups is 1. The van der Waals surface area contributed by atoms with Gasteiger partial charge in [-0.05, 0) is 25.0 Å². The molecule has 0 bridgehead atoms. The lowest BCUT2D eigenvalue weighted by Crippen LogP contribution is -2.39. The zero-order valence-corrected chi connectivity index (χ0v) is 12.3. The van der Waals surface area contributed by atoms with E-state index in [0.29, 0.717) is 17.2 Å². The maximum atomic E-state index is 12.0. The van der Waals surface area contributed by atoms with Gasteiger partial charge < -0.3 is 5.32 Å². The Morgan fingerprint density at radius 2 is 2.11 bits per heavy atom. The molecular formula is C11H13ClN2O3S2. The van der Waals surface area contributed by atoms with Crippen LogP contribution in [0.5, 0.6) is 0 Å². The van der Waals surface area contributed by atoms with Crippen LogP contribution in [-0.4, -0.2) is 25.6 Å². The molecule has 104 valence electrons. The molecule has 1 aliphatic carbocycles. The second kappa shape index (κ2) is 4.73. The summed E-state index contributed by atoms with van der Waals surface area (Å²) in [6.07, 6.45) is 1.59. The van der Waals surface area contributed by atoms with Crippen LogP contribution in [0.25, 0.3) is 0 Å². The van der Waals surface area contributed by atoms with Gasteiger partial charge in [0.05, 0.1) is 21.7 Å². The van der Waals surface area contributed by atoms with Gasteiger partial charge >= 0.3 is 0 Å². The van der Waals surface area contributed by atoms with E-state index in [-0.39, 0.29) is 23.6 Å². The molecule has 2 fully saturated rings. The highest BCUT2D eigenvalue weighted by molar-refractivity contribution is 7.90. The Labute approximate surface area is 120 Å². The Balaban J connectivity index is 1.80. The number of rotatable bonds is 4. The van der Waals surface area contributed by atoms with Gasteiger partial charge in [0.15, 0.2) is 0 Å². The lowest BCUT2D eigenvalue weighted by molar-refractivity contribution is -0.119. The van der Waals surface area contributed by atoms with E-state index in [9.17, 15) is 13.2 Å². The summed E-state index contributed by atoms with van der Waals surface area (Å²) < 4.78 is 27.2. The van der Waals surface area contributed by atoms with E-state index < -0.39 is 16.1 Å². The number of sulfonamides is 1. The number of hydrogen-bond acceptors (Lipinski definition) is 4. The number of thiophene rings is 1. The number of nitrogens with one attached hydrogen (secondary N) is 2. The predicted molar refractivity (Wildman–Crippen MR) is 73.7 cm³/mol. The van der Waals surface area contributed by atoms with Crippen molar-refractivity contribution < 1.29 is 13.2 Å². The van der Waals surface area contributed by atoms with E-state index in [2.05, 4.69) is 10.0 Å². The first-order chi connectivity index (χ1) is 8.95. The van der Waals surface area contributed by atoms with Crippen LogP contribution in [0.1, 0.15) is 30.2 Å². The highest BCUT2D eigenvalue weighted by Gasteiger charge is 2.42. The fourth-order valence-corrected chi connectivity index (χ4v) is 4.98. The quantitative estimate of drug-likeness (QED) is 0.881. The lowest BCUT2D eigenvalue weighted by atomic mass is 10.1. The molecule has 0 spiro atoms. The summed E-state index contributed by atoms with van der Waals surface area (Å²) in [4.78, 5) is 12.4. The Morgan fingerprint density at radius 1 is 1.37 bits per heavy atom. The van der Waals surface area contributed by atoms with Gasteiger partial charge in [0.2, 0.25) is 15.9 Å². The topological polar surface area (TPSA) is 75.3 Å². The van der Waals surface area contributed by atoms with Gasteiger partial charge in [-0.1, -0.05) is 11.6 Å². The molecule has 0 unspecified atom stereocenters. The highest BCUT2D eigenvalue weighted by atomic mass is 35.5. The summed E-state index contributed by atoms with van der Waals surface area (Å²) in [6, 6.07) is 2.83. The third-order valence-electron chi connectivity index (χ3n) is 3.30. The second-order valence-electron chi connectivity index (χ2n) is 4.86. The fraction of sp³-hybridized carbons (Fsp3) is 0.545. The predicted octanol–water partition coefficient (Wildman–Crippen LogP) is 1.41. The monoisotopic (exact) mass is 320 g/mol. The first kappa shape index (κ1) is 13.4. The van der Waals surface area contributed by atoms with Gasteiger partial charge in [0.25, 0.3) is 0 Å². The Kier molecular flexibility index (Phi) is 3.33. The molecule has 1 saturated carbocycles. The molecule has 1 amide bonds. The Bertz CT molecular complexity index is 609. The van der Waals surface area contributed by atoms with Gasteiger partial charge in [-0.25, -0.2) is 13.1 Å². The smallest absolute Gasteiger partial charge is 0.222 e. The van der Waals surface area contributed by atoms with Crippen LogP contribution in [-0.2, 0) is 14.8 Å². The third-order valence-corrected chi connectivity index (χ3v) is 6.60. The molecule has 19 heavy (non-hydrogen) atoms. The standard InChI is InChI=1S/C11H13ClN2O3S2/c12-9-4-3-8(18-9)11-7(5-10(15)13-11)14-19(16,17)6-1-2-6/h3-4,6-7,11,14H,1-2,5H2,(H,13,15)/t7-,11-/m1/s1.